The van der Waals surface area contributed by atoms with Crippen molar-refractivity contribution < 1.29 is 0 Å². The minimum atomic E-state index is 0.458. The molecule has 0 aliphatic heterocycles. The first-order valence-corrected chi connectivity index (χ1v) is 5.83. The Hall–Kier alpha value is -1.02. The summed E-state index contributed by atoms with van der Waals surface area (Å²) in [5.41, 5.74) is 8.36. The fourth-order valence-electron chi connectivity index (χ4n) is 2.15. The first-order valence-electron chi connectivity index (χ1n) is 5.83. The summed E-state index contributed by atoms with van der Waals surface area (Å²) in [5.74, 6) is 0.787. The van der Waals surface area contributed by atoms with Crippen molar-refractivity contribution in [1.82, 2.24) is 0 Å². The van der Waals surface area contributed by atoms with Gasteiger partial charge in [0.2, 0.25) is 0 Å². The van der Waals surface area contributed by atoms with Gasteiger partial charge in [0, 0.05) is 18.3 Å². The summed E-state index contributed by atoms with van der Waals surface area (Å²) in [7, 11) is 0. The smallest absolute Gasteiger partial charge is 0.0411 e. The van der Waals surface area contributed by atoms with E-state index in [1.165, 1.54) is 30.5 Å². The van der Waals surface area contributed by atoms with Gasteiger partial charge >= 0.3 is 0 Å². The Morgan fingerprint density at radius 2 is 2.13 bits per heavy atom. The first-order chi connectivity index (χ1) is 7.31. The van der Waals surface area contributed by atoms with Gasteiger partial charge in [-0.05, 0) is 37.3 Å². The van der Waals surface area contributed by atoms with Gasteiger partial charge in [-0.1, -0.05) is 24.6 Å². The maximum Gasteiger partial charge on any atom is 0.0411 e. The molecule has 1 unspecified atom stereocenters. The predicted octanol–water partition coefficient (Wildman–Crippen LogP) is 2.53. The number of rotatable bonds is 4. The molecule has 0 aromatic heterocycles. The zero-order chi connectivity index (χ0) is 10.7. The molecule has 0 amide bonds. The maximum absolute atomic E-state index is 5.82. The number of hydrogen-bond acceptors (Lipinski definition) is 2. The molecule has 15 heavy (non-hydrogen) atoms. The van der Waals surface area contributed by atoms with Crippen LogP contribution in [-0.4, -0.2) is 12.6 Å². The van der Waals surface area contributed by atoms with Crippen LogP contribution in [0.2, 0.25) is 0 Å². The number of para-hydroxylation sites is 1. The molecule has 2 rings (SSSR count). The highest BCUT2D eigenvalue weighted by Crippen LogP contribution is 2.31. The summed E-state index contributed by atoms with van der Waals surface area (Å²) in [6, 6.07) is 8.87. The van der Waals surface area contributed by atoms with Crippen LogP contribution < -0.4 is 11.1 Å². The monoisotopic (exact) mass is 204 g/mol. The lowest BCUT2D eigenvalue weighted by atomic mass is 9.79. The van der Waals surface area contributed by atoms with Gasteiger partial charge in [0.1, 0.15) is 0 Å². The van der Waals surface area contributed by atoms with Gasteiger partial charge in [-0.15, -0.1) is 0 Å². The Morgan fingerprint density at radius 3 is 2.67 bits per heavy atom. The molecule has 3 N–H and O–H groups in total. The molecule has 2 heteroatoms. The molecule has 2 nitrogen and oxygen atoms in total. The minimum absolute atomic E-state index is 0.458. The highest BCUT2D eigenvalue weighted by Gasteiger charge is 2.26. The molecule has 0 saturated heterocycles. The first kappa shape index (κ1) is 10.5. The van der Waals surface area contributed by atoms with Crippen molar-refractivity contribution in [2.24, 2.45) is 11.7 Å². The molecule has 1 saturated carbocycles. The molecule has 1 aromatic rings. The van der Waals surface area contributed by atoms with Crippen molar-refractivity contribution in [3.05, 3.63) is 29.8 Å². The maximum atomic E-state index is 5.82. The number of aryl methyl sites for hydroxylation is 1. The quantitative estimate of drug-likeness (QED) is 0.791. The second kappa shape index (κ2) is 4.67. The normalized spacial score (nSPS) is 18.3. The van der Waals surface area contributed by atoms with Gasteiger partial charge in [-0.3, -0.25) is 0 Å². The van der Waals surface area contributed by atoms with Gasteiger partial charge in [-0.25, -0.2) is 0 Å². The van der Waals surface area contributed by atoms with Gasteiger partial charge in [0.25, 0.3) is 0 Å². The van der Waals surface area contributed by atoms with Crippen LogP contribution in [0.15, 0.2) is 24.3 Å². The van der Waals surface area contributed by atoms with Crippen LogP contribution in [0.4, 0.5) is 5.69 Å². The molecule has 1 aromatic carbocycles. The highest BCUT2D eigenvalue weighted by atomic mass is 15.0. The van der Waals surface area contributed by atoms with Crippen LogP contribution in [0.1, 0.15) is 24.8 Å². The van der Waals surface area contributed by atoms with E-state index in [0.717, 1.165) is 12.5 Å². The van der Waals surface area contributed by atoms with E-state index in [9.17, 15) is 0 Å². The molecular formula is C13H20N2. The molecule has 0 heterocycles. The summed E-state index contributed by atoms with van der Waals surface area (Å²) in [6.45, 7) is 2.87. The molecule has 0 radical (unpaired) electrons. The number of nitrogens with two attached hydrogens (primary N) is 1. The predicted molar refractivity (Wildman–Crippen MR) is 65.0 cm³/mol. The van der Waals surface area contributed by atoms with Crippen molar-refractivity contribution in [1.29, 1.82) is 0 Å². The number of benzene rings is 1. The Kier molecular flexibility index (Phi) is 3.27. The van der Waals surface area contributed by atoms with Crippen LogP contribution >= 0.6 is 0 Å². The van der Waals surface area contributed by atoms with Crippen molar-refractivity contribution in [3.8, 4) is 0 Å². The molecule has 1 aliphatic carbocycles. The molecule has 1 aliphatic rings. The van der Waals surface area contributed by atoms with E-state index >= 15 is 0 Å². The van der Waals surface area contributed by atoms with Crippen molar-refractivity contribution in [2.75, 3.05) is 11.9 Å². The third kappa shape index (κ3) is 2.32. The van der Waals surface area contributed by atoms with Crippen molar-refractivity contribution >= 4 is 5.69 Å². The summed E-state index contributed by atoms with van der Waals surface area (Å²) in [4.78, 5) is 0. The third-order valence-electron chi connectivity index (χ3n) is 3.46. The summed E-state index contributed by atoms with van der Waals surface area (Å²) < 4.78 is 0. The Balaban J connectivity index is 2.02. The Bertz CT molecular complexity index is 318. The third-order valence-corrected chi connectivity index (χ3v) is 3.46. The van der Waals surface area contributed by atoms with Crippen LogP contribution in [0.3, 0.4) is 0 Å². The van der Waals surface area contributed by atoms with Gasteiger partial charge in [-0.2, -0.15) is 0 Å². The second-order valence-electron chi connectivity index (χ2n) is 4.49. The molecule has 1 atom stereocenters. The highest BCUT2D eigenvalue weighted by molar-refractivity contribution is 5.51. The van der Waals surface area contributed by atoms with Gasteiger partial charge in [0.15, 0.2) is 0 Å². The van der Waals surface area contributed by atoms with E-state index in [-0.39, 0.29) is 0 Å². The van der Waals surface area contributed by atoms with Crippen LogP contribution in [0, 0.1) is 12.8 Å². The lowest BCUT2D eigenvalue weighted by Gasteiger charge is -2.34. The van der Waals surface area contributed by atoms with Crippen molar-refractivity contribution in [2.45, 2.75) is 32.2 Å². The Morgan fingerprint density at radius 1 is 1.40 bits per heavy atom. The fourth-order valence-corrected chi connectivity index (χ4v) is 2.15. The van der Waals surface area contributed by atoms with E-state index in [1.54, 1.807) is 0 Å². The standard InChI is InChI=1S/C13H20N2/c1-10-5-2-3-8-12(10)15-13(9-14)11-6-4-7-11/h2-3,5,8,11,13,15H,4,6-7,9,14H2,1H3. The SMILES string of the molecule is Cc1ccccc1NC(CN)C1CCC1. The van der Waals surface area contributed by atoms with Gasteiger partial charge < -0.3 is 11.1 Å². The molecular weight excluding hydrogens is 184 g/mol. The zero-order valence-electron chi connectivity index (χ0n) is 9.37. The van der Waals surface area contributed by atoms with Crippen LogP contribution in [-0.2, 0) is 0 Å². The lowest BCUT2D eigenvalue weighted by Crippen LogP contribution is -2.39. The van der Waals surface area contributed by atoms with E-state index in [1.807, 2.05) is 0 Å². The summed E-state index contributed by atoms with van der Waals surface area (Å²) in [5, 5.41) is 3.57. The van der Waals surface area contributed by atoms with Crippen LogP contribution in [0.25, 0.3) is 0 Å². The van der Waals surface area contributed by atoms with Crippen LogP contribution in [0.5, 0.6) is 0 Å². The Labute approximate surface area is 91.9 Å². The van der Waals surface area contributed by atoms with E-state index in [2.05, 4.69) is 36.5 Å². The summed E-state index contributed by atoms with van der Waals surface area (Å²) >= 11 is 0. The molecule has 0 bridgehead atoms. The lowest BCUT2D eigenvalue weighted by molar-refractivity contribution is 0.277. The average molecular weight is 204 g/mol. The van der Waals surface area contributed by atoms with Crippen molar-refractivity contribution in [3.63, 3.8) is 0 Å². The average Bonchev–Trinajstić information content (AvgIpc) is 2.17. The molecule has 0 spiro atoms. The number of hydrogen-bond donors (Lipinski definition) is 2. The topological polar surface area (TPSA) is 38.0 Å². The van der Waals surface area contributed by atoms with Gasteiger partial charge in [0.05, 0.1) is 0 Å². The molecule has 1 fully saturated rings. The number of nitrogens with one attached hydrogen (secondary N) is 1. The molecule has 82 valence electrons. The van der Waals surface area contributed by atoms with E-state index in [4.69, 9.17) is 5.73 Å². The summed E-state index contributed by atoms with van der Waals surface area (Å²) in [6.07, 6.45) is 4.04. The van der Waals surface area contributed by atoms with E-state index in [0.29, 0.717) is 6.04 Å². The second-order valence-corrected chi connectivity index (χ2v) is 4.49. The fraction of sp³-hybridized carbons (Fsp3) is 0.538. The largest absolute Gasteiger partial charge is 0.381 e. The van der Waals surface area contributed by atoms with E-state index < -0.39 is 0 Å². The minimum Gasteiger partial charge on any atom is -0.381 e. The number of anilines is 1. The zero-order valence-corrected chi connectivity index (χ0v) is 9.37.